The van der Waals surface area contributed by atoms with Gasteiger partial charge in [-0.05, 0) is 30.5 Å². The van der Waals surface area contributed by atoms with Crippen molar-refractivity contribution in [3.8, 4) is 0 Å². The first kappa shape index (κ1) is 13.3. The number of amides is 1. The fourth-order valence-electron chi connectivity index (χ4n) is 2.01. The Bertz CT molecular complexity index is 447. The maximum atomic E-state index is 11.0. The van der Waals surface area contributed by atoms with E-state index >= 15 is 0 Å². The van der Waals surface area contributed by atoms with Crippen molar-refractivity contribution in [1.29, 1.82) is 0 Å². The van der Waals surface area contributed by atoms with Crippen molar-refractivity contribution >= 4 is 17.5 Å². The molecular weight excluding hydrogens is 252 g/mol. The zero-order valence-electron chi connectivity index (χ0n) is 10.1. The molecule has 2 rings (SSSR count). The van der Waals surface area contributed by atoms with Crippen molar-refractivity contribution in [3.63, 3.8) is 0 Å². The lowest BCUT2D eigenvalue weighted by atomic mass is 10.1. The standard InChI is InChI=1S/C13H17ClN2O2/c14-12-7-9(13(15)18)1-2-10(12)8-16(5-6-17)11-3-4-11/h1-2,7,11,17H,3-6,8H2,(H2,15,18). The first-order valence-corrected chi connectivity index (χ1v) is 6.42. The van der Waals surface area contributed by atoms with E-state index in [4.69, 9.17) is 22.4 Å². The van der Waals surface area contributed by atoms with Crippen LogP contribution in [-0.4, -0.2) is 35.1 Å². The van der Waals surface area contributed by atoms with E-state index in [1.807, 2.05) is 6.07 Å². The van der Waals surface area contributed by atoms with E-state index < -0.39 is 5.91 Å². The molecule has 0 spiro atoms. The van der Waals surface area contributed by atoms with Gasteiger partial charge in [0.25, 0.3) is 0 Å². The van der Waals surface area contributed by atoms with Crippen molar-refractivity contribution in [2.24, 2.45) is 5.73 Å². The molecule has 0 heterocycles. The predicted molar refractivity (Wildman–Crippen MR) is 70.5 cm³/mol. The van der Waals surface area contributed by atoms with Gasteiger partial charge in [0.2, 0.25) is 5.91 Å². The quantitative estimate of drug-likeness (QED) is 0.819. The topological polar surface area (TPSA) is 66.6 Å². The van der Waals surface area contributed by atoms with Gasteiger partial charge in [-0.15, -0.1) is 0 Å². The van der Waals surface area contributed by atoms with Crippen molar-refractivity contribution in [3.05, 3.63) is 34.3 Å². The molecule has 0 saturated heterocycles. The molecule has 0 radical (unpaired) electrons. The highest BCUT2D eigenvalue weighted by Crippen LogP contribution is 2.29. The summed E-state index contributed by atoms with van der Waals surface area (Å²) in [5.41, 5.74) is 6.58. The van der Waals surface area contributed by atoms with Gasteiger partial charge in [0.1, 0.15) is 0 Å². The predicted octanol–water partition coefficient (Wildman–Crippen LogP) is 1.40. The molecule has 1 aliphatic rings. The number of aliphatic hydroxyl groups is 1. The Labute approximate surface area is 111 Å². The van der Waals surface area contributed by atoms with Gasteiger partial charge in [-0.2, -0.15) is 0 Å². The molecule has 0 unspecified atom stereocenters. The average molecular weight is 269 g/mol. The second kappa shape index (κ2) is 5.69. The fraction of sp³-hybridized carbons (Fsp3) is 0.462. The van der Waals surface area contributed by atoms with Crippen LogP contribution < -0.4 is 5.73 Å². The summed E-state index contributed by atoms with van der Waals surface area (Å²) in [4.78, 5) is 13.2. The van der Waals surface area contributed by atoms with Crippen LogP contribution >= 0.6 is 11.6 Å². The Kier molecular flexibility index (Phi) is 4.22. The summed E-state index contributed by atoms with van der Waals surface area (Å²) < 4.78 is 0. The Morgan fingerprint density at radius 2 is 2.22 bits per heavy atom. The molecular formula is C13H17ClN2O2. The van der Waals surface area contributed by atoms with E-state index in [0.29, 0.717) is 29.7 Å². The SMILES string of the molecule is NC(=O)c1ccc(CN(CCO)C2CC2)c(Cl)c1. The lowest BCUT2D eigenvalue weighted by Gasteiger charge is -2.21. The second-order valence-electron chi connectivity index (χ2n) is 4.60. The Morgan fingerprint density at radius 3 is 2.72 bits per heavy atom. The lowest BCUT2D eigenvalue weighted by molar-refractivity contribution is 0.100. The van der Waals surface area contributed by atoms with E-state index in [1.54, 1.807) is 12.1 Å². The van der Waals surface area contributed by atoms with Gasteiger partial charge in [0.15, 0.2) is 0 Å². The number of benzene rings is 1. The minimum absolute atomic E-state index is 0.146. The third kappa shape index (κ3) is 3.22. The molecule has 0 atom stereocenters. The monoisotopic (exact) mass is 268 g/mol. The molecule has 1 fully saturated rings. The molecule has 1 aromatic rings. The summed E-state index contributed by atoms with van der Waals surface area (Å²) in [5, 5.41) is 9.59. The molecule has 1 amide bonds. The molecule has 0 bridgehead atoms. The third-order valence-corrected chi connectivity index (χ3v) is 3.51. The van der Waals surface area contributed by atoms with Gasteiger partial charge in [-0.25, -0.2) is 0 Å². The van der Waals surface area contributed by atoms with Crippen LogP contribution in [-0.2, 0) is 6.54 Å². The molecule has 3 N–H and O–H groups in total. The molecule has 5 heteroatoms. The molecule has 1 saturated carbocycles. The zero-order valence-corrected chi connectivity index (χ0v) is 10.9. The van der Waals surface area contributed by atoms with Crippen molar-refractivity contribution in [1.82, 2.24) is 4.90 Å². The number of nitrogens with two attached hydrogens (primary N) is 1. The van der Waals surface area contributed by atoms with Gasteiger partial charge in [-0.3, -0.25) is 9.69 Å². The van der Waals surface area contributed by atoms with Crippen molar-refractivity contribution in [2.45, 2.75) is 25.4 Å². The lowest BCUT2D eigenvalue weighted by Crippen LogP contribution is -2.28. The smallest absolute Gasteiger partial charge is 0.248 e. The maximum absolute atomic E-state index is 11.0. The summed E-state index contributed by atoms with van der Waals surface area (Å²) in [6, 6.07) is 5.68. The second-order valence-corrected chi connectivity index (χ2v) is 5.00. The van der Waals surface area contributed by atoms with Crippen LogP contribution in [0.25, 0.3) is 0 Å². The summed E-state index contributed by atoms with van der Waals surface area (Å²) in [5.74, 6) is -0.474. The van der Waals surface area contributed by atoms with Crippen LogP contribution in [0.5, 0.6) is 0 Å². The maximum Gasteiger partial charge on any atom is 0.248 e. The van der Waals surface area contributed by atoms with Crippen LogP contribution in [0.1, 0.15) is 28.8 Å². The molecule has 4 nitrogen and oxygen atoms in total. The zero-order chi connectivity index (χ0) is 13.1. The van der Waals surface area contributed by atoms with Crippen LogP contribution in [0.2, 0.25) is 5.02 Å². The van der Waals surface area contributed by atoms with E-state index in [-0.39, 0.29) is 6.61 Å². The molecule has 1 aliphatic carbocycles. The molecule has 0 aromatic heterocycles. The number of hydrogen-bond acceptors (Lipinski definition) is 3. The van der Waals surface area contributed by atoms with Crippen molar-refractivity contribution in [2.75, 3.05) is 13.2 Å². The van der Waals surface area contributed by atoms with Gasteiger partial charge in [-0.1, -0.05) is 17.7 Å². The molecule has 18 heavy (non-hydrogen) atoms. The molecule has 98 valence electrons. The summed E-state index contributed by atoms with van der Waals surface area (Å²) in [7, 11) is 0. The first-order valence-electron chi connectivity index (χ1n) is 6.05. The number of carbonyl (C=O) groups excluding carboxylic acids is 1. The largest absolute Gasteiger partial charge is 0.395 e. The molecule has 0 aliphatic heterocycles. The number of aliphatic hydroxyl groups excluding tert-OH is 1. The minimum Gasteiger partial charge on any atom is -0.395 e. The van der Waals surface area contributed by atoms with E-state index in [9.17, 15) is 4.79 Å². The Hall–Kier alpha value is -1.10. The van der Waals surface area contributed by atoms with Gasteiger partial charge in [0, 0.05) is 29.7 Å². The highest BCUT2D eigenvalue weighted by molar-refractivity contribution is 6.31. The first-order chi connectivity index (χ1) is 8.61. The number of nitrogens with zero attached hydrogens (tertiary/aromatic N) is 1. The van der Waals surface area contributed by atoms with Crippen LogP contribution in [0.4, 0.5) is 0 Å². The van der Waals surface area contributed by atoms with Gasteiger partial charge < -0.3 is 10.8 Å². The highest BCUT2D eigenvalue weighted by Gasteiger charge is 2.28. The minimum atomic E-state index is -0.474. The van der Waals surface area contributed by atoms with E-state index in [1.165, 1.54) is 12.8 Å². The van der Waals surface area contributed by atoms with E-state index in [0.717, 1.165) is 5.56 Å². The van der Waals surface area contributed by atoms with E-state index in [2.05, 4.69) is 4.90 Å². The third-order valence-electron chi connectivity index (χ3n) is 3.16. The number of halogens is 1. The van der Waals surface area contributed by atoms with Gasteiger partial charge in [0.05, 0.1) is 6.61 Å². The summed E-state index contributed by atoms with van der Waals surface area (Å²) >= 11 is 6.15. The highest BCUT2D eigenvalue weighted by atomic mass is 35.5. The Balaban J connectivity index is 2.10. The fourth-order valence-corrected chi connectivity index (χ4v) is 2.25. The van der Waals surface area contributed by atoms with Gasteiger partial charge >= 0.3 is 0 Å². The van der Waals surface area contributed by atoms with Crippen LogP contribution in [0, 0.1) is 0 Å². The normalized spacial score (nSPS) is 15.1. The van der Waals surface area contributed by atoms with Crippen LogP contribution in [0.3, 0.4) is 0 Å². The Morgan fingerprint density at radius 1 is 1.50 bits per heavy atom. The number of rotatable bonds is 6. The summed E-state index contributed by atoms with van der Waals surface area (Å²) in [6.45, 7) is 1.50. The molecule has 1 aromatic carbocycles. The number of primary amides is 1. The number of carbonyl (C=O) groups is 1. The summed E-state index contributed by atoms with van der Waals surface area (Å²) in [6.07, 6.45) is 2.36. The number of hydrogen-bond donors (Lipinski definition) is 2. The average Bonchev–Trinajstić information content (AvgIpc) is 3.14. The van der Waals surface area contributed by atoms with Crippen LogP contribution in [0.15, 0.2) is 18.2 Å². The van der Waals surface area contributed by atoms with Crippen molar-refractivity contribution < 1.29 is 9.90 Å².